The van der Waals surface area contributed by atoms with E-state index in [1.165, 1.54) is 0 Å². The van der Waals surface area contributed by atoms with Gasteiger partial charge in [-0.05, 0) is 31.2 Å². The fraction of sp³-hybridized carbons (Fsp3) is 0.333. The third kappa shape index (κ3) is 2.80. The molecule has 0 saturated carbocycles. The van der Waals surface area contributed by atoms with Crippen molar-refractivity contribution < 1.29 is 5.11 Å². The zero-order valence-corrected chi connectivity index (χ0v) is 7.12. The lowest BCUT2D eigenvalue weighted by Gasteiger charge is -2.08. The summed E-state index contributed by atoms with van der Waals surface area (Å²) in [4.78, 5) is 0. The Kier molecular flexibility index (Phi) is 2.94. The first-order chi connectivity index (χ1) is 5.68. The van der Waals surface area contributed by atoms with Gasteiger partial charge in [-0.2, -0.15) is 0 Å². The van der Waals surface area contributed by atoms with Gasteiger partial charge < -0.3 is 16.2 Å². The van der Waals surface area contributed by atoms with E-state index in [1.54, 1.807) is 12.1 Å². The standard InChI is InChI=1S/C9H14N2O/c1-7(10)6-11-8-2-4-9(12)5-3-8/h2-5,7,11-12H,6,10H2,1H3. The second-order valence-corrected chi connectivity index (χ2v) is 2.91. The van der Waals surface area contributed by atoms with Gasteiger partial charge in [-0.3, -0.25) is 0 Å². The molecule has 0 bridgehead atoms. The van der Waals surface area contributed by atoms with Gasteiger partial charge in [0.2, 0.25) is 0 Å². The highest BCUT2D eigenvalue weighted by Crippen LogP contribution is 2.13. The van der Waals surface area contributed by atoms with E-state index in [-0.39, 0.29) is 11.8 Å². The summed E-state index contributed by atoms with van der Waals surface area (Å²) in [5, 5.41) is 12.1. The first kappa shape index (κ1) is 8.87. The second-order valence-electron chi connectivity index (χ2n) is 2.91. The molecule has 0 fully saturated rings. The van der Waals surface area contributed by atoms with Gasteiger partial charge in [0.15, 0.2) is 0 Å². The number of hydrogen-bond acceptors (Lipinski definition) is 3. The summed E-state index contributed by atoms with van der Waals surface area (Å²) >= 11 is 0. The van der Waals surface area contributed by atoms with Crippen LogP contribution in [0.5, 0.6) is 5.75 Å². The minimum Gasteiger partial charge on any atom is -0.508 e. The van der Waals surface area contributed by atoms with Crippen LogP contribution in [0.2, 0.25) is 0 Å². The van der Waals surface area contributed by atoms with Crippen molar-refractivity contribution in [1.82, 2.24) is 0 Å². The molecule has 1 rings (SSSR count). The van der Waals surface area contributed by atoms with E-state index in [0.29, 0.717) is 0 Å². The summed E-state index contributed by atoms with van der Waals surface area (Å²) in [6, 6.07) is 7.06. The van der Waals surface area contributed by atoms with Crippen LogP contribution in [0, 0.1) is 0 Å². The number of aromatic hydroxyl groups is 1. The molecule has 0 aromatic heterocycles. The Morgan fingerprint density at radius 2 is 2.00 bits per heavy atom. The minimum absolute atomic E-state index is 0.138. The fourth-order valence-corrected chi connectivity index (χ4v) is 0.858. The molecule has 0 spiro atoms. The maximum Gasteiger partial charge on any atom is 0.115 e. The van der Waals surface area contributed by atoms with Crippen molar-refractivity contribution in [2.24, 2.45) is 5.73 Å². The quantitative estimate of drug-likeness (QED) is 0.590. The van der Waals surface area contributed by atoms with E-state index < -0.39 is 0 Å². The summed E-state index contributed by atoms with van der Waals surface area (Å²) in [6.07, 6.45) is 0. The highest BCUT2D eigenvalue weighted by Gasteiger charge is 1.94. The fourth-order valence-electron chi connectivity index (χ4n) is 0.858. The number of phenolic OH excluding ortho intramolecular Hbond substituents is 1. The van der Waals surface area contributed by atoms with Crippen LogP contribution in [-0.2, 0) is 0 Å². The molecule has 0 heterocycles. The van der Waals surface area contributed by atoms with Crippen LogP contribution in [0.1, 0.15) is 6.92 Å². The lowest BCUT2D eigenvalue weighted by Crippen LogP contribution is -2.25. The van der Waals surface area contributed by atoms with E-state index in [0.717, 1.165) is 12.2 Å². The molecule has 0 amide bonds. The molecule has 0 radical (unpaired) electrons. The number of benzene rings is 1. The summed E-state index contributed by atoms with van der Waals surface area (Å²) in [6.45, 7) is 2.68. The van der Waals surface area contributed by atoms with E-state index in [1.807, 2.05) is 19.1 Å². The normalized spacial score (nSPS) is 12.5. The Morgan fingerprint density at radius 3 is 2.50 bits per heavy atom. The van der Waals surface area contributed by atoms with E-state index in [4.69, 9.17) is 10.8 Å². The van der Waals surface area contributed by atoms with Gasteiger partial charge in [-0.1, -0.05) is 0 Å². The molecule has 1 aromatic rings. The molecule has 4 N–H and O–H groups in total. The Hall–Kier alpha value is -1.22. The van der Waals surface area contributed by atoms with E-state index in [9.17, 15) is 0 Å². The van der Waals surface area contributed by atoms with Crippen molar-refractivity contribution in [3.05, 3.63) is 24.3 Å². The molecule has 1 atom stereocenters. The van der Waals surface area contributed by atoms with Crippen LogP contribution < -0.4 is 11.1 Å². The summed E-state index contributed by atoms with van der Waals surface area (Å²) in [5.74, 6) is 0.279. The van der Waals surface area contributed by atoms with Crippen molar-refractivity contribution in [2.45, 2.75) is 13.0 Å². The van der Waals surface area contributed by atoms with Gasteiger partial charge in [-0.15, -0.1) is 0 Å². The molecule has 0 aliphatic carbocycles. The number of nitrogens with one attached hydrogen (secondary N) is 1. The first-order valence-electron chi connectivity index (χ1n) is 3.97. The number of phenols is 1. The lowest BCUT2D eigenvalue weighted by molar-refractivity contribution is 0.475. The van der Waals surface area contributed by atoms with Gasteiger partial charge in [0.25, 0.3) is 0 Å². The molecule has 12 heavy (non-hydrogen) atoms. The van der Waals surface area contributed by atoms with Crippen molar-refractivity contribution in [2.75, 3.05) is 11.9 Å². The molecular formula is C9H14N2O. The molecule has 3 nitrogen and oxygen atoms in total. The van der Waals surface area contributed by atoms with Crippen molar-refractivity contribution in [3.63, 3.8) is 0 Å². The van der Waals surface area contributed by atoms with Crippen molar-refractivity contribution in [1.29, 1.82) is 0 Å². The third-order valence-electron chi connectivity index (χ3n) is 1.50. The van der Waals surface area contributed by atoms with Crippen LogP contribution >= 0.6 is 0 Å². The molecule has 0 aliphatic rings. The van der Waals surface area contributed by atoms with Crippen LogP contribution in [0.3, 0.4) is 0 Å². The van der Waals surface area contributed by atoms with Crippen LogP contribution in [0.4, 0.5) is 5.69 Å². The highest BCUT2D eigenvalue weighted by molar-refractivity contribution is 5.45. The van der Waals surface area contributed by atoms with Gasteiger partial charge in [0, 0.05) is 18.3 Å². The maximum atomic E-state index is 8.98. The smallest absolute Gasteiger partial charge is 0.115 e. The summed E-state index contributed by atoms with van der Waals surface area (Å²) < 4.78 is 0. The zero-order valence-electron chi connectivity index (χ0n) is 7.12. The number of anilines is 1. The molecule has 0 saturated heterocycles. The third-order valence-corrected chi connectivity index (χ3v) is 1.50. The summed E-state index contributed by atoms with van der Waals surface area (Å²) in [7, 11) is 0. The Bertz CT molecular complexity index is 231. The molecule has 1 unspecified atom stereocenters. The summed E-state index contributed by atoms with van der Waals surface area (Å²) in [5.41, 5.74) is 6.54. The van der Waals surface area contributed by atoms with Crippen molar-refractivity contribution >= 4 is 5.69 Å². The lowest BCUT2D eigenvalue weighted by atomic mass is 10.3. The van der Waals surface area contributed by atoms with E-state index >= 15 is 0 Å². The van der Waals surface area contributed by atoms with Gasteiger partial charge in [0.05, 0.1) is 0 Å². The average Bonchev–Trinajstić information content (AvgIpc) is 2.03. The SMILES string of the molecule is CC(N)CNc1ccc(O)cc1. The molecule has 0 aliphatic heterocycles. The number of rotatable bonds is 3. The predicted octanol–water partition coefficient (Wildman–Crippen LogP) is 1.15. The average molecular weight is 166 g/mol. The zero-order chi connectivity index (χ0) is 8.97. The van der Waals surface area contributed by atoms with Crippen LogP contribution in [-0.4, -0.2) is 17.7 Å². The van der Waals surface area contributed by atoms with Crippen molar-refractivity contribution in [3.8, 4) is 5.75 Å². The Morgan fingerprint density at radius 1 is 1.42 bits per heavy atom. The topological polar surface area (TPSA) is 58.3 Å². The molecule has 3 heteroatoms. The minimum atomic E-state index is 0.138. The van der Waals surface area contributed by atoms with Gasteiger partial charge in [-0.25, -0.2) is 0 Å². The van der Waals surface area contributed by atoms with Crippen LogP contribution in [0.25, 0.3) is 0 Å². The monoisotopic (exact) mass is 166 g/mol. The van der Waals surface area contributed by atoms with Gasteiger partial charge >= 0.3 is 0 Å². The predicted molar refractivity (Wildman–Crippen MR) is 50.2 cm³/mol. The maximum absolute atomic E-state index is 8.98. The molecular weight excluding hydrogens is 152 g/mol. The Labute approximate surface area is 72.2 Å². The largest absolute Gasteiger partial charge is 0.508 e. The number of nitrogens with two attached hydrogens (primary N) is 1. The van der Waals surface area contributed by atoms with Crippen LogP contribution in [0.15, 0.2) is 24.3 Å². The second kappa shape index (κ2) is 3.97. The molecule has 66 valence electrons. The van der Waals surface area contributed by atoms with E-state index in [2.05, 4.69) is 5.32 Å². The Balaban J connectivity index is 2.48. The molecule has 1 aromatic carbocycles. The number of hydrogen-bond donors (Lipinski definition) is 3. The first-order valence-corrected chi connectivity index (χ1v) is 3.97. The van der Waals surface area contributed by atoms with Gasteiger partial charge in [0.1, 0.15) is 5.75 Å². The highest BCUT2D eigenvalue weighted by atomic mass is 16.3.